The Balaban J connectivity index is 2.58. The van der Waals surface area contributed by atoms with Gasteiger partial charge < -0.3 is 59.8 Å². The van der Waals surface area contributed by atoms with Crippen LogP contribution in [0.2, 0.25) is 0 Å². The summed E-state index contributed by atoms with van der Waals surface area (Å²) < 4.78 is 0. The molecule has 0 aromatic carbocycles. The van der Waals surface area contributed by atoms with Gasteiger partial charge in [0, 0.05) is 13.5 Å². The first-order valence-electron chi connectivity index (χ1n) is 23.7. The molecule has 15 N–H and O–H groups in total. The van der Waals surface area contributed by atoms with Crippen LogP contribution in [-0.4, -0.2) is 124 Å². The van der Waals surface area contributed by atoms with Crippen molar-refractivity contribution in [3.05, 3.63) is 0 Å². The Morgan fingerprint density at radius 3 is 1.76 bits per heavy atom. The molecule has 2 aliphatic carbocycles. The maximum atomic E-state index is 14.9. The topological polar surface area (TPSA) is 368 Å². The Hall–Kier alpha value is -5.02. The van der Waals surface area contributed by atoms with E-state index in [1.54, 1.807) is 13.8 Å². The number of carbonyl (C=O) groups excluding carboxylic acids is 8. The molecular weight excluding hydrogens is 855 g/mol. The summed E-state index contributed by atoms with van der Waals surface area (Å²) >= 11 is 0. The molecule has 374 valence electrons. The SMILES string of the molecule is CC(=O)N[C@@H](CCCCN)C(=O)N[C@@H](CC(=O)O)C(=O)N[C@@H](CC(C)C)C(=O)N[C@@H](C)C(=O)N(C(=O)[C@@H](N)CC1CCCCC1)[C@](C=O)(CCCN=C(N)N)C(=O)[C@@H](N)CC1CCCCC1. The number of guanidine groups is 1. The standard InChI is InChI=1S/C45H79N11O10/c1-27(2)22-35(54-41(64)36(25-37(59)60)55-39(62)34(53-29(4)58)18-11-12-20-46)40(63)52-28(3)42(65)56(43(66)33(48)24-31-16-9-6-10-17-31)45(26-57,19-13-21-51-44(49)50)38(61)32(47)23-30-14-7-5-8-15-30/h26-28,30-36H,5-25,46-48H2,1-4H3,(H,52,63)(H,53,58)(H,54,64)(H,55,62)(H,59,60)(H4,49,50,51)/t28-,32-,33-,34-,35-,36-,45-/m0/s1. The molecule has 0 unspecified atom stereocenters. The number of aliphatic carboxylic acids is 1. The van der Waals surface area contributed by atoms with Gasteiger partial charge in [-0.2, -0.15) is 0 Å². The number of aliphatic imine (C=N–C) groups is 1. The van der Waals surface area contributed by atoms with E-state index in [0.29, 0.717) is 24.3 Å². The quantitative estimate of drug-likeness (QED) is 0.0157. The molecule has 0 aromatic rings. The molecule has 2 aliphatic rings. The highest BCUT2D eigenvalue weighted by molar-refractivity contribution is 6.15. The highest BCUT2D eigenvalue weighted by Gasteiger charge is 2.53. The number of carbonyl (C=O) groups is 9. The minimum atomic E-state index is -2.47. The van der Waals surface area contributed by atoms with Crippen LogP contribution in [0.1, 0.15) is 150 Å². The van der Waals surface area contributed by atoms with Crippen LogP contribution >= 0.6 is 0 Å². The number of rotatable bonds is 29. The highest BCUT2D eigenvalue weighted by Crippen LogP contribution is 2.32. The number of unbranched alkanes of at least 4 members (excludes halogenated alkanes) is 1. The second-order valence-electron chi connectivity index (χ2n) is 18.6. The molecule has 2 rings (SSSR count). The van der Waals surface area contributed by atoms with Crippen LogP contribution in [0, 0.1) is 17.8 Å². The van der Waals surface area contributed by atoms with E-state index in [4.69, 9.17) is 28.7 Å². The van der Waals surface area contributed by atoms with Crippen molar-refractivity contribution in [2.45, 2.75) is 191 Å². The van der Waals surface area contributed by atoms with E-state index in [-0.39, 0.29) is 68.6 Å². The summed E-state index contributed by atoms with van der Waals surface area (Å²) in [5.41, 5.74) is 27.4. The van der Waals surface area contributed by atoms with Crippen molar-refractivity contribution < 1.29 is 48.3 Å². The second-order valence-corrected chi connectivity index (χ2v) is 18.6. The van der Waals surface area contributed by atoms with Crippen LogP contribution in [0.3, 0.4) is 0 Å². The van der Waals surface area contributed by atoms with Crippen molar-refractivity contribution in [2.24, 2.45) is 51.4 Å². The first-order chi connectivity index (χ1) is 31.2. The summed E-state index contributed by atoms with van der Waals surface area (Å²) in [6.45, 7) is 6.20. The molecule has 0 spiro atoms. The summed E-state index contributed by atoms with van der Waals surface area (Å²) in [5, 5.41) is 19.6. The number of hydrogen-bond donors (Lipinski definition) is 10. The van der Waals surface area contributed by atoms with Gasteiger partial charge in [0.1, 0.15) is 24.2 Å². The van der Waals surface area contributed by atoms with Crippen LogP contribution in [0.25, 0.3) is 0 Å². The minimum Gasteiger partial charge on any atom is -0.481 e. The van der Waals surface area contributed by atoms with Crippen molar-refractivity contribution in [3.8, 4) is 0 Å². The van der Waals surface area contributed by atoms with Gasteiger partial charge in [-0.15, -0.1) is 0 Å². The molecule has 0 aliphatic heterocycles. The van der Waals surface area contributed by atoms with Crippen LogP contribution < -0.4 is 49.9 Å². The number of nitrogens with two attached hydrogens (primary N) is 5. The predicted molar refractivity (Wildman–Crippen MR) is 248 cm³/mol. The number of nitrogens with one attached hydrogen (secondary N) is 4. The van der Waals surface area contributed by atoms with Gasteiger partial charge in [-0.05, 0) is 82.6 Å². The number of ketones is 1. The fraction of sp³-hybridized carbons (Fsp3) is 0.778. The van der Waals surface area contributed by atoms with Gasteiger partial charge in [0.2, 0.25) is 29.5 Å². The summed E-state index contributed by atoms with van der Waals surface area (Å²) in [5.74, 6) is -8.19. The lowest BCUT2D eigenvalue weighted by Crippen LogP contribution is -2.69. The smallest absolute Gasteiger partial charge is 0.305 e. The van der Waals surface area contributed by atoms with Gasteiger partial charge in [0.05, 0.1) is 18.5 Å². The molecule has 6 amide bonds. The number of amides is 6. The number of carboxylic acids is 1. The Morgan fingerprint density at radius 1 is 0.727 bits per heavy atom. The van der Waals surface area contributed by atoms with Gasteiger partial charge >= 0.3 is 5.97 Å². The number of Topliss-reactive ketones (excluding diaryl/α,β-unsaturated/α-hetero) is 1. The lowest BCUT2D eigenvalue weighted by atomic mass is 9.78. The maximum Gasteiger partial charge on any atom is 0.305 e. The average Bonchev–Trinajstić information content (AvgIpc) is 3.26. The maximum absolute atomic E-state index is 14.9. The van der Waals surface area contributed by atoms with Gasteiger partial charge in [-0.25, -0.2) is 0 Å². The largest absolute Gasteiger partial charge is 0.481 e. The Bertz CT molecular complexity index is 1680. The third-order valence-corrected chi connectivity index (χ3v) is 12.5. The van der Waals surface area contributed by atoms with Crippen molar-refractivity contribution in [1.29, 1.82) is 0 Å². The lowest BCUT2D eigenvalue weighted by Gasteiger charge is -2.42. The third-order valence-electron chi connectivity index (χ3n) is 12.5. The summed E-state index contributed by atoms with van der Waals surface area (Å²) in [7, 11) is 0. The van der Waals surface area contributed by atoms with Crippen LogP contribution in [0.4, 0.5) is 0 Å². The van der Waals surface area contributed by atoms with E-state index in [1.165, 1.54) is 13.8 Å². The van der Waals surface area contributed by atoms with E-state index < -0.39 is 102 Å². The van der Waals surface area contributed by atoms with E-state index in [1.807, 2.05) is 0 Å². The van der Waals surface area contributed by atoms with Crippen molar-refractivity contribution >= 4 is 59.4 Å². The monoisotopic (exact) mass is 934 g/mol. The first kappa shape index (κ1) is 57.1. The molecule has 66 heavy (non-hydrogen) atoms. The number of imide groups is 1. The molecule has 7 atom stereocenters. The molecule has 2 saturated carbocycles. The Labute approximate surface area is 389 Å². The normalized spacial score (nSPS) is 18.2. The summed E-state index contributed by atoms with van der Waals surface area (Å²) in [6.07, 6.45) is 9.46. The van der Waals surface area contributed by atoms with Crippen molar-refractivity contribution in [1.82, 2.24) is 26.2 Å². The van der Waals surface area contributed by atoms with Crippen LogP contribution in [0.5, 0.6) is 0 Å². The fourth-order valence-corrected chi connectivity index (χ4v) is 9.04. The van der Waals surface area contributed by atoms with Crippen molar-refractivity contribution in [3.63, 3.8) is 0 Å². The first-order valence-corrected chi connectivity index (χ1v) is 23.7. The van der Waals surface area contributed by atoms with E-state index >= 15 is 0 Å². The van der Waals surface area contributed by atoms with Gasteiger partial charge in [-0.3, -0.25) is 48.2 Å². The Morgan fingerprint density at radius 2 is 1.26 bits per heavy atom. The second kappa shape index (κ2) is 28.9. The minimum absolute atomic E-state index is 0.0354. The molecular formula is C45H79N11O10. The molecule has 0 bridgehead atoms. The van der Waals surface area contributed by atoms with Gasteiger partial charge in [-0.1, -0.05) is 78.1 Å². The van der Waals surface area contributed by atoms with Gasteiger partial charge in [0.25, 0.3) is 5.91 Å². The number of aldehydes is 1. The zero-order valence-corrected chi connectivity index (χ0v) is 39.5. The van der Waals surface area contributed by atoms with Crippen molar-refractivity contribution in [2.75, 3.05) is 13.1 Å². The number of hydrogen-bond acceptors (Lipinski definition) is 13. The summed E-state index contributed by atoms with van der Waals surface area (Å²) in [4.78, 5) is 128. The molecule has 0 saturated heterocycles. The zero-order chi connectivity index (χ0) is 49.6. The highest BCUT2D eigenvalue weighted by atomic mass is 16.4. The van der Waals surface area contributed by atoms with Crippen LogP contribution in [0.15, 0.2) is 4.99 Å². The number of carboxylic acid groups (broad SMARTS) is 1. The van der Waals surface area contributed by atoms with E-state index in [2.05, 4.69) is 26.3 Å². The van der Waals surface area contributed by atoms with Crippen LogP contribution in [-0.2, 0) is 43.2 Å². The molecule has 0 heterocycles. The molecule has 21 heteroatoms. The van der Waals surface area contributed by atoms with E-state index in [9.17, 15) is 48.3 Å². The Kier molecular flexibility index (Phi) is 25.0. The summed E-state index contributed by atoms with van der Waals surface area (Å²) in [6, 6.07) is -8.42. The number of nitrogens with zero attached hydrogens (tertiary/aromatic N) is 2. The lowest BCUT2D eigenvalue weighted by molar-refractivity contribution is -0.163. The molecule has 2 fully saturated rings. The predicted octanol–water partition coefficient (Wildman–Crippen LogP) is 0.126. The van der Waals surface area contributed by atoms with Gasteiger partial charge in [0.15, 0.2) is 23.6 Å². The van der Waals surface area contributed by atoms with E-state index in [0.717, 1.165) is 64.2 Å². The fourth-order valence-electron chi connectivity index (χ4n) is 9.04. The molecule has 0 aromatic heterocycles. The third kappa shape index (κ3) is 18.7. The zero-order valence-electron chi connectivity index (χ0n) is 39.5. The molecule has 21 nitrogen and oxygen atoms in total. The molecule has 0 radical (unpaired) electrons. The average molecular weight is 934 g/mol.